The Kier molecular flexibility index (Phi) is 5.40. The molecule has 0 aliphatic carbocycles. The van der Waals surface area contributed by atoms with E-state index in [0.717, 1.165) is 11.3 Å². The average Bonchev–Trinajstić information content (AvgIpc) is 3.27. The summed E-state index contributed by atoms with van der Waals surface area (Å²) in [5, 5.41) is 9.72. The number of nitrogens with zero attached hydrogens (tertiary/aromatic N) is 2. The molecule has 148 valence electrons. The van der Waals surface area contributed by atoms with Gasteiger partial charge in [-0.1, -0.05) is 26.8 Å². The van der Waals surface area contributed by atoms with Crippen molar-refractivity contribution in [2.75, 3.05) is 0 Å². The van der Waals surface area contributed by atoms with E-state index in [1.54, 1.807) is 52.0 Å². The van der Waals surface area contributed by atoms with Crippen molar-refractivity contribution in [2.24, 2.45) is 5.41 Å². The summed E-state index contributed by atoms with van der Waals surface area (Å²) < 4.78 is 21.1. The summed E-state index contributed by atoms with van der Waals surface area (Å²) in [6.07, 6.45) is 3.01. The highest BCUT2D eigenvalue weighted by molar-refractivity contribution is 7.07. The van der Waals surface area contributed by atoms with Gasteiger partial charge in [0.05, 0.1) is 16.5 Å². The normalized spacial score (nSPS) is 13.3. The summed E-state index contributed by atoms with van der Waals surface area (Å²) >= 11 is 0.998. The minimum atomic E-state index is -0.820. The first-order valence-corrected chi connectivity index (χ1v) is 9.68. The van der Waals surface area contributed by atoms with Crippen molar-refractivity contribution in [1.82, 2.24) is 4.57 Å². The summed E-state index contributed by atoms with van der Waals surface area (Å²) in [6, 6.07) is 9.67. The van der Waals surface area contributed by atoms with Crippen LogP contribution in [0.15, 0.2) is 45.8 Å². The van der Waals surface area contributed by atoms with E-state index in [1.165, 1.54) is 23.0 Å². The van der Waals surface area contributed by atoms with Crippen LogP contribution in [0.1, 0.15) is 32.1 Å². The Bertz CT molecular complexity index is 1300. The molecule has 0 aliphatic heterocycles. The maximum atomic E-state index is 14.2. The van der Waals surface area contributed by atoms with Gasteiger partial charge in [0, 0.05) is 11.5 Å². The van der Waals surface area contributed by atoms with E-state index in [0.29, 0.717) is 11.3 Å². The molecule has 0 N–H and O–H groups in total. The predicted molar refractivity (Wildman–Crippen MR) is 110 cm³/mol. The molecule has 0 aliphatic rings. The van der Waals surface area contributed by atoms with Crippen LogP contribution in [0.3, 0.4) is 0 Å². The lowest BCUT2D eigenvalue weighted by atomic mass is 9.87. The number of hydrogen-bond acceptors (Lipinski definition) is 5. The zero-order valence-corrected chi connectivity index (χ0v) is 17.3. The highest BCUT2D eigenvalue weighted by Gasteiger charge is 2.27. The fourth-order valence-corrected chi connectivity index (χ4v) is 3.76. The highest BCUT2D eigenvalue weighted by Crippen LogP contribution is 2.20. The van der Waals surface area contributed by atoms with E-state index in [4.69, 9.17) is 4.42 Å². The third-order valence-electron chi connectivity index (χ3n) is 4.29. The van der Waals surface area contributed by atoms with Gasteiger partial charge in [0.15, 0.2) is 5.78 Å². The van der Waals surface area contributed by atoms with Crippen LogP contribution < -0.4 is 14.8 Å². The van der Waals surface area contributed by atoms with Crippen molar-refractivity contribution < 1.29 is 13.6 Å². The van der Waals surface area contributed by atoms with E-state index < -0.39 is 22.6 Å². The molecule has 7 heteroatoms. The van der Waals surface area contributed by atoms with E-state index >= 15 is 0 Å². The third kappa shape index (κ3) is 3.98. The molecule has 0 fully saturated rings. The van der Waals surface area contributed by atoms with Crippen molar-refractivity contribution >= 4 is 28.8 Å². The van der Waals surface area contributed by atoms with E-state index in [1.807, 2.05) is 6.07 Å². The Hall–Kier alpha value is -3.24. The number of hydrogen-bond donors (Lipinski definition) is 0. The number of aryl methyl sites for hydroxylation is 1. The second-order valence-corrected chi connectivity index (χ2v) is 8.60. The first-order valence-electron chi connectivity index (χ1n) is 8.86. The quantitative estimate of drug-likeness (QED) is 0.665. The Labute approximate surface area is 170 Å². The maximum Gasteiger partial charge on any atom is 0.273 e. The van der Waals surface area contributed by atoms with Crippen LogP contribution in [0.5, 0.6) is 0 Å². The second kappa shape index (κ2) is 7.64. The number of benzene rings is 1. The van der Waals surface area contributed by atoms with E-state index in [2.05, 4.69) is 0 Å². The van der Waals surface area contributed by atoms with Gasteiger partial charge in [-0.05, 0) is 36.8 Å². The molecule has 0 atom stereocenters. The molecule has 0 radical (unpaired) electrons. The third-order valence-corrected chi connectivity index (χ3v) is 5.38. The number of thiazole rings is 1. The van der Waals surface area contributed by atoms with E-state index in [9.17, 15) is 19.2 Å². The smallest absolute Gasteiger partial charge is 0.273 e. The molecule has 5 nitrogen and oxygen atoms in total. The van der Waals surface area contributed by atoms with Gasteiger partial charge >= 0.3 is 0 Å². The molecule has 2 aromatic heterocycles. The van der Waals surface area contributed by atoms with Crippen LogP contribution in [-0.4, -0.2) is 10.4 Å². The SMILES string of the molecule is Cc1ccc(-n2c(=O)/c(=C\c3ccco3)s/c2=C(/C#N)C(=O)C(C)(C)C)cc1F. The van der Waals surface area contributed by atoms with Gasteiger partial charge in [-0.3, -0.25) is 14.2 Å². The van der Waals surface area contributed by atoms with Crippen LogP contribution in [0.4, 0.5) is 4.39 Å². The minimum absolute atomic E-state index is 0.139. The monoisotopic (exact) mass is 410 g/mol. The summed E-state index contributed by atoms with van der Waals surface area (Å²) in [5.74, 6) is -0.423. The average molecular weight is 410 g/mol. The predicted octanol–water partition coefficient (Wildman–Crippen LogP) is 3.06. The number of carbonyl (C=O) groups is 1. The highest BCUT2D eigenvalue weighted by atomic mass is 32.1. The maximum absolute atomic E-state index is 14.2. The molecule has 0 bridgehead atoms. The Balaban J connectivity index is 2.46. The van der Waals surface area contributed by atoms with Crippen LogP contribution in [0.2, 0.25) is 0 Å². The van der Waals surface area contributed by atoms with Gasteiger partial charge in [-0.15, -0.1) is 11.3 Å². The summed E-state index contributed by atoms with van der Waals surface area (Å²) in [6.45, 7) is 6.71. The number of rotatable bonds is 3. The van der Waals surface area contributed by atoms with Gasteiger partial charge in [0.1, 0.15) is 27.9 Å². The lowest BCUT2D eigenvalue weighted by Gasteiger charge is -2.15. The van der Waals surface area contributed by atoms with Gasteiger partial charge < -0.3 is 4.42 Å². The fraction of sp³-hybridized carbons (Fsp3) is 0.227. The van der Waals surface area contributed by atoms with Crippen LogP contribution in [0.25, 0.3) is 17.3 Å². The second-order valence-electron chi connectivity index (χ2n) is 7.57. The largest absolute Gasteiger partial charge is 0.465 e. The van der Waals surface area contributed by atoms with Gasteiger partial charge in [0.25, 0.3) is 5.56 Å². The molecule has 2 heterocycles. The Morgan fingerprint density at radius 3 is 2.59 bits per heavy atom. The molecule has 0 spiro atoms. The Morgan fingerprint density at radius 1 is 1.31 bits per heavy atom. The van der Waals surface area contributed by atoms with Gasteiger partial charge in [-0.25, -0.2) is 4.39 Å². The van der Waals surface area contributed by atoms with Crippen LogP contribution in [-0.2, 0) is 4.79 Å². The first kappa shape index (κ1) is 20.5. The molecule has 3 aromatic rings. The zero-order chi connectivity index (χ0) is 21.3. The molecule has 1 aromatic carbocycles. The number of furan rings is 1. The zero-order valence-electron chi connectivity index (χ0n) is 16.4. The summed E-state index contributed by atoms with van der Waals surface area (Å²) in [5.41, 5.74) is -0.743. The standard InChI is InChI=1S/C22H19FN2O3S/c1-13-7-8-14(10-17(13)23)25-20(27)18(11-15-6-5-9-28-15)29-21(25)16(12-24)19(26)22(2,3)4/h5-11H,1-4H3/b18-11+,21-16-. The lowest BCUT2D eigenvalue weighted by molar-refractivity contribution is -0.120. The molecular formula is C22H19FN2O3S. The van der Waals surface area contributed by atoms with Gasteiger partial charge in [0.2, 0.25) is 0 Å². The molecule has 3 rings (SSSR count). The number of carbonyl (C=O) groups excluding carboxylic acids is 1. The van der Waals surface area contributed by atoms with Crippen LogP contribution in [0, 0.1) is 29.5 Å². The first-order chi connectivity index (χ1) is 13.6. The molecule has 0 unspecified atom stereocenters. The molecule has 0 saturated carbocycles. The number of halogens is 1. The summed E-state index contributed by atoms with van der Waals surface area (Å²) in [7, 11) is 0. The van der Waals surface area contributed by atoms with E-state index in [-0.39, 0.29) is 20.5 Å². The Morgan fingerprint density at radius 2 is 2.03 bits per heavy atom. The fourth-order valence-electron chi connectivity index (χ4n) is 2.68. The van der Waals surface area contributed by atoms with Crippen molar-refractivity contribution in [3.63, 3.8) is 0 Å². The van der Waals surface area contributed by atoms with Crippen LogP contribution >= 0.6 is 11.3 Å². The van der Waals surface area contributed by atoms with Crippen molar-refractivity contribution in [1.29, 1.82) is 5.26 Å². The molecule has 0 saturated heterocycles. The summed E-state index contributed by atoms with van der Waals surface area (Å²) in [4.78, 5) is 26.0. The topological polar surface area (TPSA) is 76.0 Å². The molecule has 29 heavy (non-hydrogen) atoms. The van der Waals surface area contributed by atoms with Crippen molar-refractivity contribution in [3.8, 4) is 11.8 Å². The lowest BCUT2D eigenvalue weighted by Crippen LogP contribution is -2.33. The number of Topliss-reactive ketones (excluding diaryl/α,β-unsaturated/α-hetero) is 1. The number of nitriles is 1. The van der Waals surface area contributed by atoms with Gasteiger partial charge in [-0.2, -0.15) is 5.26 Å². The molecule has 0 amide bonds. The van der Waals surface area contributed by atoms with Crippen molar-refractivity contribution in [3.05, 3.63) is 73.3 Å². The minimum Gasteiger partial charge on any atom is -0.465 e. The van der Waals surface area contributed by atoms with Crippen molar-refractivity contribution in [2.45, 2.75) is 27.7 Å². The molecular weight excluding hydrogens is 391 g/mol. The number of aromatic nitrogens is 1. The number of ketones is 1.